The van der Waals surface area contributed by atoms with Crippen LogP contribution in [0.5, 0.6) is 0 Å². The van der Waals surface area contributed by atoms with Gasteiger partial charge in [0.1, 0.15) is 0 Å². The van der Waals surface area contributed by atoms with E-state index in [2.05, 4.69) is 28.2 Å². The highest BCUT2D eigenvalue weighted by atomic mass is 16.4. The van der Waals surface area contributed by atoms with Crippen LogP contribution in [0, 0.1) is 0 Å². The van der Waals surface area contributed by atoms with Gasteiger partial charge in [0, 0.05) is 53.3 Å². The van der Waals surface area contributed by atoms with E-state index in [9.17, 15) is 29.4 Å². The first-order chi connectivity index (χ1) is 27.6. The Morgan fingerprint density at radius 1 is 0.667 bits per heavy atom. The highest BCUT2D eigenvalue weighted by molar-refractivity contribution is 5.96. The SMILES string of the molecule is CCCCc1nc([C@]2(CC(=O)O)CCCNC2)ccc1C(=O)NC1CCCCC1.O=C(O)C[C@@]1(c2ccc(C(=O)NC3CCCCC3)c(C3CC3)n2)CCCNC1. The summed E-state index contributed by atoms with van der Waals surface area (Å²) in [5, 5.41) is 32.1. The van der Waals surface area contributed by atoms with Crippen molar-refractivity contribution < 1.29 is 29.4 Å². The molecule has 0 bridgehead atoms. The molecule has 5 fully saturated rings. The van der Waals surface area contributed by atoms with Crippen LogP contribution in [0.1, 0.15) is 185 Å². The number of hydrogen-bond acceptors (Lipinski definition) is 8. The van der Waals surface area contributed by atoms with Gasteiger partial charge in [0.2, 0.25) is 0 Å². The molecule has 0 radical (unpaired) electrons. The number of hydrogen-bond donors (Lipinski definition) is 6. The number of rotatable bonds is 14. The van der Waals surface area contributed by atoms with Crippen molar-refractivity contribution in [3.05, 3.63) is 58.2 Å². The van der Waals surface area contributed by atoms with E-state index in [1.165, 1.54) is 38.5 Å². The molecule has 3 saturated carbocycles. The fraction of sp³-hybridized carbons (Fsp3) is 0.689. The minimum atomic E-state index is -0.801. The monoisotopic (exact) mass is 787 g/mol. The van der Waals surface area contributed by atoms with Gasteiger partial charge in [-0.15, -0.1) is 0 Å². The molecule has 0 aromatic carbocycles. The zero-order valence-electron chi connectivity index (χ0n) is 34.1. The topological polar surface area (TPSA) is 183 Å². The molecule has 7 rings (SSSR count). The van der Waals surface area contributed by atoms with Crippen LogP contribution in [0.3, 0.4) is 0 Å². The summed E-state index contributed by atoms with van der Waals surface area (Å²) in [7, 11) is 0. The fourth-order valence-electron chi connectivity index (χ4n) is 9.62. The molecule has 0 spiro atoms. The molecule has 2 saturated heterocycles. The largest absolute Gasteiger partial charge is 0.481 e. The van der Waals surface area contributed by atoms with Gasteiger partial charge in [-0.3, -0.25) is 29.1 Å². The average molecular weight is 787 g/mol. The summed E-state index contributed by atoms with van der Waals surface area (Å²) in [6, 6.07) is 8.10. The Morgan fingerprint density at radius 3 is 1.61 bits per heavy atom. The lowest BCUT2D eigenvalue weighted by atomic mass is 9.74. The molecule has 2 aromatic rings. The van der Waals surface area contributed by atoms with Crippen molar-refractivity contribution in [2.24, 2.45) is 0 Å². The number of pyridine rings is 2. The fourth-order valence-corrected chi connectivity index (χ4v) is 9.62. The van der Waals surface area contributed by atoms with Gasteiger partial charge >= 0.3 is 11.9 Å². The van der Waals surface area contributed by atoms with Gasteiger partial charge in [-0.25, -0.2) is 0 Å². The molecular weight excluding hydrogens is 721 g/mol. The standard InChI is InChI=1S/C23H35N3O3.C22H31N3O3/c1-2-3-10-19-18(22(29)25-17-8-5-4-6-9-17)11-12-20(26-19)23(15-21(27)28)13-7-14-24-16-23;26-19(27)13-22(11-4-12-23-14-22)18-10-9-17(20(25-18)15-7-8-15)21(28)24-16-5-2-1-3-6-16/h11-12,17,24H,2-10,13-16H2,1H3,(H,25,29)(H,27,28);9-10,15-16,23H,1-8,11-14H2,(H,24,28)(H,26,27)/t23-;22-/m00/s1. The lowest BCUT2D eigenvalue weighted by molar-refractivity contribution is -0.139. The van der Waals surface area contributed by atoms with Crippen LogP contribution in [0.15, 0.2) is 24.3 Å². The van der Waals surface area contributed by atoms with Crippen LogP contribution in [0.2, 0.25) is 0 Å². The number of carbonyl (C=O) groups is 4. The predicted molar refractivity (Wildman–Crippen MR) is 220 cm³/mol. The molecule has 57 heavy (non-hydrogen) atoms. The molecule has 2 amide bonds. The van der Waals surface area contributed by atoms with E-state index in [-0.39, 0.29) is 36.7 Å². The number of nitrogens with zero attached hydrogens (tertiary/aromatic N) is 2. The summed E-state index contributed by atoms with van der Waals surface area (Å²) >= 11 is 0. The van der Waals surface area contributed by atoms with Gasteiger partial charge in [-0.1, -0.05) is 51.9 Å². The van der Waals surface area contributed by atoms with Gasteiger partial charge in [0.05, 0.1) is 35.4 Å². The number of amides is 2. The number of carboxylic acid groups (broad SMARTS) is 2. The number of carboxylic acids is 2. The molecule has 6 N–H and O–H groups in total. The Balaban J connectivity index is 0.000000193. The maximum atomic E-state index is 13.0. The molecule has 312 valence electrons. The third-order valence-corrected chi connectivity index (χ3v) is 13.0. The van der Waals surface area contributed by atoms with Crippen LogP contribution in [-0.4, -0.2) is 82.2 Å². The molecule has 12 heteroatoms. The third kappa shape index (κ3) is 11.4. The van der Waals surface area contributed by atoms with E-state index in [1.807, 2.05) is 24.3 Å². The van der Waals surface area contributed by atoms with Crippen molar-refractivity contribution in [3.8, 4) is 0 Å². The van der Waals surface area contributed by atoms with E-state index in [1.54, 1.807) is 0 Å². The number of carbonyl (C=O) groups excluding carboxylic acids is 2. The maximum absolute atomic E-state index is 13.0. The molecule has 2 aromatic heterocycles. The number of nitrogens with one attached hydrogen (secondary N) is 4. The summed E-state index contributed by atoms with van der Waals surface area (Å²) in [5.41, 5.74) is 3.70. The van der Waals surface area contributed by atoms with Crippen LogP contribution in [0.25, 0.3) is 0 Å². The first-order valence-corrected chi connectivity index (χ1v) is 22.1. The maximum Gasteiger partial charge on any atom is 0.304 e. The third-order valence-electron chi connectivity index (χ3n) is 13.0. The summed E-state index contributed by atoms with van der Waals surface area (Å²) < 4.78 is 0. The summed E-state index contributed by atoms with van der Waals surface area (Å²) in [5.74, 6) is -1.30. The normalized spacial score (nSPS) is 24.4. The second-order valence-corrected chi connectivity index (χ2v) is 17.6. The van der Waals surface area contributed by atoms with Crippen LogP contribution in [0.4, 0.5) is 0 Å². The zero-order valence-corrected chi connectivity index (χ0v) is 34.1. The smallest absolute Gasteiger partial charge is 0.304 e. The Hall–Kier alpha value is -3.90. The molecule has 12 nitrogen and oxygen atoms in total. The number of aliphatic carboxylic acids is 2. The van der Waals surface area contributed by atoms with Crippen molar-refractivity contribution >= 4 is 23.8 Å². The van der Waals surface area contributed by atoms with E-state index in [4.69, 9.17) is 9.97 Å². The van der Waals surface area contributed by atoms with Gasteiger partial charge < -0.3 is 31.5 Å². The Kier molecular flexibility index (Phi) is 15.1. The van der Waals surface area contributed by atoms with Gasteiger partial charge in [0.25, 0.3) is 11.8 Å². The number of aromatic nitrogens is 2. The molecule has 3 aliphatic carbocycles. The number of piperidine rings is 2. The van der Waals surface area contributed by atoms with Crippen LogP contribution >= 0.6 is 0 Å². The Morgan fingerprint density at radius 2 is 1.16 bits per heavy atom. The Bertz CT molecular complexity index is 1690. The lowest BCUT2D eigenvalue weighted by Gasteiger charge is -2.36. The predicted octanol–water partition coefficient (Wildman–Crippen LogP) is 6.70. The van der Waals surface area contributed by atoms with Crippen molar-refractivity contribution in [1.29, 1.82) is 0 Å². The first kappa shape index (κ1) is 42.7. The minimum absolute atomic E-state index is 0.0121. The Labute approximate surface area is 338 Å². The van der Waals surface area contributed by atoms with Gasteiger partial charge in [0.15, 0.2) is 0 Å². The number of unbranched alkanes of at least 4 members (excludes halogenated alkanes) is 1. The van der Waals surface area contributed by atoms with E-state index < -0.39 is 22.8 Å². The van der Waals surface area contributed by atoms with E-state index in [0.29, 0.717) is 30.1 Å². The van der Waals surface area contributed by atoms with Gasteiger partial charge in [-0.05, 0) is 114 Å². The minimum Gasteiger partial charge on any atom is -0.481 e. The lowest BCUT2D eigenvalue weighted by Crippen LogP contribution is -2.45. The number of aryl methyl sites for hydroxylation is 1. The summed E-state index contributed by atoms with van der Waals surface area (Å²) in [6.45, 7) is 5.20. The zero-order chi connectivity index (χ0) is 40.3. The molecule has 0 unspecified atom stereocenters. The van der Waals surface area contributed by atoms with Crippen LogP contribution in [-0.2, 0) is 26.8 Å². The first-order valence-electron chi connectivity index (χ1n) is 22.1. The highest BCUT2D eigenvalue weighted by Gasteiger charge is 2.40. The average Bonchev–Trinajstić information content (AvgIpc) is 4.07. The van der Waals surface area contributed by atoms with Crippen molar-refractivity contribution in [2.45, 2.75) is 171 Å². The van der Waals surface area contributed by atoms with E-state index in [0.717, 1.165) is 119 Å². The van der Waals surface area contributed by atoms with E-state index >= 15 is 0 Å². The molecular formula is C45H66N6O6. The second-order valence-electron chi connectivity index (χ2n) is 17.6. The van der Waals surface area contributed by atoms with Crippen molar-refractivity contribution in [2.75, 3.05) is 26.2 Å². The van der Waals surface area contributed by atoms with Crippen LogP contribution < -0.4 is 21.3 Å². The summed E-state index contributed by atoms with van der Waals surface area (Å²) in [6.07, 6.45) is 19.9. The molecule has 5 aliphatic rings. The summed E-state index contributed by atoms with van der Waals surface area (Å²) in [4.78, 5) is 58.9. The van der Waals surface area contributed by atoms with Crippen molar-refractivity contribution in [3.63, 3.8) is 0 Å². The highest BCUT2D eigenvalue weighted by Crippen LogP contribution is 2.43. The molecule has 4 heterocycles. The second kappa shape index (κ2) is 20.2. The van der Waals surface area contributed by atoms with Crippen molar-refractivity contribution in [1.82, 2.24) is 31.2 Å². The molecule has 2 aliphatic heterocycles. The molecule has 2 atom stereocenters. The quantitative estimate of drug-likeness (QED) is 0.121. The van der Waals surface area contributed by atoms with Gasteiger partial charge in [-0.2, -0.15) is 0 Å².